The molecule has 0 amide bonds. The smallest absolute Gasteiger partial charge is 0.224 e. The summed E-state index contributed by atoms with van der Waals surface area (Å²) in [6, 6.07) is 0. The first kappa shape index (κ1) is 11.4. The summed E-state index contributed by atoms with van der Waals surface area (Å²) in [7, 11) is 0. The second-order valence-electron chi connectivity index (χ2n) is 4.40. The molecule has 0 spiro atoms. The fourth-order valence-electron chi connectivity index (χ4n) is 2.35. The lowest BCUT2D eigenvalue weighted by molar-refractivity contribution is 0.518. The van der Waals surface area contributed by atoms with Gasteiger partial charge in [-0.25, -0.2) is 0 Å². The normalized spacial score (nSPS) is 24.9. The topological polar surface area (TPSA) is 54.8 Å². The molecule has 1 aromatic heterocycles. The Balaban J connectivity index is 2.26. The summed E-state index contributed by atoms with van der Waals surface area (Å²) in [6.07, 6.45) is 0. The highest BCUT2D eigenvalue weighted by atomic mass is 15.4. The van der Waals surface area contributed by atoms with Gasteiger partial charge in [-0.3, -0.25) is 4.57 Å². The van der Waals surface area contributed by atoms with E-state index >= 15 is 0 Å². The minimum atomic E-state index is 0.500. The van der Waals surface area contributed by atoms with Gasteiger partial charge >= 0.3 is 0 Å². The largest absolute Gasteiger partial charge is 0.355 e. The molecule has 1 fully saturated rings. The van der Waals surface area contributed by atoms with Gasteiger partial charge in [0, 0.05) is 25.6 Å². The first-order valence-corrected chi connectivity index (χ1v) is 6.15. The lowest BCUT2D eigenvalue weighted by Gasteiger charge is -2.15. The van der Waals surface area contributed by atoms with Crippen LogP contribution in [0.25, 0.3) is 0 Å². The standard InChI is InChI=1S/C11H21N5/c1-4-13-11-15-14-10(16(11)5-2)9-7-12-6-8(9)3/h8-9,12H,4-7H2,1-3H3,(H,13,15). The number of anilines is 1. The molecule has 1 saturated heterocycles. The van der Waals surface area contributed by atoms with Crippen LogP contribution >= 0.6 is 0 Å². The van der Waals surface area contributed by atoms with Crippen LogP contribution in [0.3, 0.4) is 0 Å². The highest BCUT2D eigenvalue weighted by Crippen LogP contribution is 2.27. The van der Waals surface area contributed by atoms with Gasteiger partial charge in [0.1, 0.15) is 5.82 Å². The predicted molar refractivity (Wildman–Crippen MR) is 64.6 cm³/mol. The highest BCUT2D eigenvalue weighted by Gasteiger charge is 2.29. The molecule has 2 unspecified atom stereocenters. The Kier molecular flexibility index (Phi) is 3.43. The Hall–Kier alpha value is -1.10. The van der Waals surface area contributed by atoms with Gasteiger partial charge in [-0.1, -0.05) is 6.92 Å². The molecule has 0 radical (unpaired) electrons. The fraction of sp³-hybridized carbons (Fsp3) is 0.818. The van der Waals surface area contributed by atoms with Gasteiger partial charge in [0.2, 0.25) is 5.95 Å². The lowest BCUT2D eigenvalue weighted by Crippen LogP contribution is -2.16. The van der Waals surface area contributed by atoms with Gasteiger partial charge < -0.3 is 10.6 Å². The fourth-order valence-corrected chi connectivity index (χ4v) is 2.35. The van der Waals surface area contributed by atoms with Crippen molar-refractivity contribution in [2.75, 3.05) is 25.0 Å². The van der Waals surface area contributed by atoms with Crippen LogP contribution in [-0.4, -0.2) is 34.4 Å². The van der Waals surface area contributed by atoms with E-state index < -0.39 is 0 Å². The summed E-state index contributed by atoms with van der Waals surface area (Å²) in [5.74, 6) is 3.17. The van der Waals surface area contributed by atoms with Crippen molar-refractivity contribution in [1.82, 2.24) is 20.1 Å². The highest BCUT2D eigenvalue weighted by molar-refractivity contribution is 5.27. The minimum Gasteiger partial charge on any atom is -0.355 e. The predicted octanol–water partition coefficient (Wildman–Crippen LogP) is 1.05. The van der Waals surface area contributed by atoms with E-state index in [1.54, 1.807) is 0 Å². The average molecular weight is 223 g/mol. The first-order chi connectivity index (χ1) is 7.77. The quantitative estimate of drug-likeness (QED) is 0.801. The summed E-state index contributed by atoms with van der Waals surface area (Å²) >= 11 is 0. The second kappa shape index (κ2) is 4.82. The average Bonchev–Trinajstić information content (AvgIpc) is 2.84. The molecule has 5 heteroatoms. The molecule has 0 saturated carbocycles. The van der Waals surface area contributed by atoms with Gasteiger partial charge in [0.15, 0.2) is 0 Å². The number of hydrogen-bond acceptors (Lipinski definition) is 4. The van der Waals surface area contributed by atoms with Crippen molar-refractivity contribution in [3.05, 3.63) is 5.82 Å². The zero-order valence-corrected chi connectivity index (χ0v) is 10.3. The Morgan fingerprint density at radius 1 is 1.38 bits per heavy atom. The zero-order valence-electron chi connectivity index (χ0n) is 10.3. The summed E-state index contributed by atoms with van der Waals surface area (Å²) < 4.78 is 2.19. The third-order valence-electron chi connectivity index (χ3n) is 3.28. The number of hydrogen-bond donors (Lipinski definition) is 2. The molecule has 90 valence electrons. The Morgan fingerprint density at radius 2 is 2.19 bits per heavy atom. The molecule has 2 N–H and O–H groups in total. The van der Waals surface area contributed by atoms with Crippen LogP contribution in [0.2, 0.25) is 0 Å². The maximum Gasteiger partial charge on any atom is 0.224 e. The van der Waals surface area contributed by atoms with Gasteiger partial charge in [-0.15, -0.1) is 10.2 Å². The van der Waals surface area contributed by atoms with Crippen LogP contribution in [0, 0.1) is 5.92 Å². The lowest BCUT2D eigenvalue weighted by atomic mass is 9.97. The SMILES string of the molecule is CCNc1nnc(C2CNCC2C)n1CC. The zero-order chi connectivity index (χ0) is 11.5. The van der Waals surface area contributed by atoms with E-state index in [2.05, 4.69) is 46.2 Å². The molecule has 1 aromatic rings. The van der Waals surface area contributed by atoms with Crippen molar-refractivity contribution >= 4 is 5.95 Å². The number of rotatable bonds is 4. The van der Waals surface area contributed by atoms with Crippen LogP contribution in [-0.2, 0) is 6.54 Å². The van der Waals surface area contributed by atoms with E-state index in [0.717, 1.165) is 38.0 Å². The summed E-state index contributed by atoms with van der Waals surface area (Å²) in [5.41, 5.74) is 0. The molecule has 2 atom stereocenters. The van der Waals surface area contributed by atoms with Crippen LogP contribution in [0.4, 0.5) is 5.95 Å². The van der Waals surface area contributed by atoms with E-state index in [-0.39, 0.29) is 0 Å². The number of nitrogens with one attached hydrogen (secondary N) is 2. The van der Waals surface area contributed by atoms with Crippen molar-refractivity contribution in [2.45, 2.75) is 33.2 Å². The molecule has 0 aliphatic carbocycles. The van der Waals surface area contributed by atoms with Gasteiger partial charge in [-0.05, 0) is 26.3 Å². The van der Waals surface area contributed by atoms with Crippen LogP contribution < -0.4 is 10.6 Å². The van der Waals surface area contributed by atoms with Crippen molar-refractivity contribution in [1.29, 1.82) is 0 Å². The molecular weight excluding hydrogens is 202 g/mol. The summed E-state index contributed by atoms with van der Waals surface area (Å²) in [5, 5.41) is 15.2. The van der Waals surface area contributed by atoms with Crippen molar-refractivity contribution in [3.63, 3.8) is 0 Å². The Bertz CT molecular complexity index is 346. The van der Waals surface area contributed by atoms with Crippen LogP contribution in [0.5, 0.6) is 0 Å². The van der Waals surface area contributed by atoms with Crippen molar-refractivity contribution in [2.24, 2.45) is 5.92 Å². The van der Waals surface area contributed by atoms with Crippen LogP contribution in [0.15, 0.2) is 0 Å². The molecular formula is C11H21N5. The van der Waals surface area contributed by atoms with E-state index in [1.807, 2.05) is 0 Å². The molecule has 5 nitrogen and oxygen atoms in total. The summed E-state index contributed by atoms with van der Waals surface area (Å²) in [6.45, 7) is 10.4. The molecule has 1 aliphatic heterocycles. The Labute approximate surface area is 96.6 Å². The molecule has 0 aromatic carbocycles. The number of nitrogens with zero attached hydrogens (tertiary/aromatic N) is 3. The second-order valence-corrected chi connectivity index (χ2v) is 4.40. The molecule has 16 heavy (non-hydrogen) atoms. The van der Waals surface area contributed by atoms with E-state index in [1.165, 1.54) is 0 Å². The molecule has 2 rings (SSSR count). The third-order valence-corrected chi connectivity index (χ3v) is 3.28. The van der Waals surface area contributed by atoms with E-state index in [4.69, 9.17) is 0 Å². The third kappa shape index (κ3) is 1.91. The maximum absolute atomic E-state index is 4.35. The maximum atomic E-state index is 4.35. The molecule has 1 aliphatic rings. The minimum absolute atomic E-state index is 0.500. The summed E-state index contributed by atoms with van der Waals surface area (Å²) in [4.78, 5) is 0. The molecule has 2 heterocycles. The Morgan fingerprint density at radius 3 is 2.75 bits per heavy atom. The van der Waals surface area contributed by atoms with E-state index in [9.17, 15) is 0 Å². The van der Waals surface area contributed by atoms with Gasteiger partial charge in [0.25, 0.3) is 0 Å². The van der Waals surface area contributed by atoms with Crippen LogP contribution in [0.1, 0.15) is 32.5 Å². The van der Waals surface area contributed by atoms with E-state index in [0.29, 0.717) is 11.8 Å². The van der Waals surface area contributed by atoms with Crippen molar-refractivity contribution in [3.8, 4) is 0 Å². The van der Waals surface area contributed by atoms with Gasteiger partial charge in [-0.2, -0.15) is 0 Å². The monoisotopic (exact) mass is 223 g/mol. The number of aromatic nitrogens is 3. The first-order valence-electron chi connectivity index (χ1n) is 6.15. The molecule has 0 bridgehead atoms. The van der Waals surface area contributed by atoms with Gasteiger partial charge in [0.05, 0.1) is 0 Å². The van der Waals surface area contributed by atoms with Crippen molar-refractivity contribution < 1.29 is 0 Å².